The molecule has 0 atom stereocenters. The Balaban J connectivity index is 1.24. The van der Waals surface area contributed by atoms with E-state index in [1.807, 2.05) is 0 Å². The minimum atomic E-state index is -0.689. The normalized spacial score (nSPS) is 25.5. The Morgan fingerprint density at radius 3 is 2.64 bits per heavy atom. The zero-order valence-corrected chi connectivity index (χ0v) is 15.0. The molecule has 0 aliphatic heterocycles. The molecule has 136 valence electrons. The molecule has 2 saturated carbocycles. The molecule has 4 nitrogen and oxygen atoms in total. The van der Waals surface area contributed by atoms with Gasteiger partial charge in [-0.25, -0.2) is 0 Å². The van der Waals surface area contributed by atoms with Gasteiger partial charge in [-0.15, -0.1) is 0 Å². The summed E-state index contributed by atoms with van der Waals surface area (Å²) >= 11 is 0. The van der Waals surface area contributed by atoms with Crippen molar-refractivity contribution < 1.29 is 9.90 Å². The van der Waals surface area contributed by atoms with Crippen LogP contribution in [0.2, 0.25) is 0 Å². The van der Waals surface area contributed by atoms with E-state index >= 15 is 0 Å². The van der Waals surface area contributed by atoms with Crippen LogP contribution in [0.5, 0.6) is 0 Å². The highest BCUT2D eigenvalue weighted by atomic mass is 16.4. The van der Waals surface area contributed by atoms with Crippen LogP contribution in [-0.4, -0.2) is 41.1 Å². The fraction of sp³-hybridized carbons (Fsp3) is 0.667. The number of benzene rings is 1. The number of carboxylic acids is 1. The second-order valence-corrected chi connectivity index (χ2v) is 8.28. The molecule has 0 heterocycles. The van der Waals surface area contributed by atoms with Crippen LogP contribution in [-0.2, 0) is 24.2 Å². The van der Waals surface area contributed by atoms with Gasteiger partial charge in [0.05, 0.1) is 6.54 Å². The Hall–Kier alpha value is -1.39. The molecule has 1 aromatic rings. The van der Waals surface area contributed by atoms with Gasteiger partial charge in [0.1, 0.15) is 0 Å². The lowest BCUT2D eigenvalue weighted by Crippen LogP contribution is -2.54. The van der Waals surface area contributed by atoms with Crippen molar-refractivity contribution >= 4 is 5.97 Å². The SMILES string of the molecule is O=C(O)CN(CC1CC1)C1CC(NCc2ccc3c(c2)CCCC3)C1. The molecule has 0 amide bonds. The van der Waals surface area contributed by atoms with E-state index in [2.05, 4.69) is 28.4 Å². The Labute approximate surface area is 150 Å². The van der Waals surface area contributed by atoms with Crippen molar-refractivity contribution in [3.63, 3.8) is 0 Å². The monoisotopic (exact) mass is 342 g/mol. The number of aryl methyl sites for hydroxylation is 2. The van der Waals surface area contributed by atoms with E-state index < -0.39 is 5.97 Å². The van der Waals surface area contributed by atoms with Crippen LogP contribution >= 0.6 is 0 Å². The highest BCUT2D eigenvalue weighted by molar-refractivity contribution is 5.69. The highest BCUT2D eigenvalue weighted by Crippen LogP contribution is 2.34. The minimum Gasteiger partial charge on any atom is -0.480 e. The topological polar surface area (TPSA) is 52.6 Å². The van der Waals surface area contributed by atoms with Crippen LogP contribution in [0, 0.1) is 5.92 Å². The van der Waals surface area contributed by atoms with E-state index in [1.165, 1.54) is 44.1 Å². The number of fused-ring (bicyclic) bond motifs is 1. The summed E-state index contributed by atoms with van der Waals surface area (Å²) in [5.74, 6) is 0.0629. The summed E-state index contributed by atoms with van der Waals surface area (Å²) in [6.45, 7) is 2.12. The first-order valence-electron chi connectivity index (χ1n) is 9.97. The largest absolute Gasteiger partial charge is 0.480 e. The Kier molecular flexibility index (Phi) is 5.09. The first-order valence-corrected chi connectivity index (χ1v) is 9.97. The summed E-state index contributed by atoms with van der Waals surface area (Å²) in [7, 11) is 0. The predicted octanol–water partition coefficient (Wildman–Crippen LogP) is 2.98. The molecular weight excluding hydrogens is 312 g/mol. The average molecular weight is 342 g/mol. The van der Waals surface area contributed by atoms with Gasteiger partial charge in [0.15, 0.2) is 0 Å². The van der Waals surface area contributed by atoms with Crippen LogP contribution in [0.1, 0.15) is 55.2 Å². The zero-order chi connectivity index (χ0) is 17.2. The molecule has 0 aromatic heterocycles. The van der Waals surface area contributed by atoms with Crippen molar-refractivity contribution in [3.05, 3.63) is 34.9 Å². The van der Waals surface area contributed by atoms with E-state index in [9.17, 15) is 4.79 Å². The van der Waals surface area contributed by atoms with Gasteiger partial charge in [0.2, 0.25) is 0 Å². The summed E-state index contributed by atoms with van der Waals surface area (Å²) < 4.78 is 0. The van der Waals surface area contributed by atoms with Crippen LogP contribution in [0.3, 0.4) is 0 Å². The maximum absolute atomic E-state index is 11.1. The molecule has 25 heavy (non-hydrogen) atoms. The third-order valence-corrected chi connectivity index (χ3v) is 6.17. The molecule has 3 aliphatic rings. The third-order valence-electron chi connectivity index (χ3n) is 6.17. The van der Waals surface area contributed by atoms with Crippen molar-refractivity contribution in [2.24, 2.45) is 5.92 Å². The van der Waals surface area contributed by atoms with Gasteiger partial charge in [0.25, 0.3) is 0 Å². The molecule has 2 fully saturated rings. The molecule has 2 N–H and O–H groups in total. The Bertz CT molecular complexity index is 620. The van der Waals surface area contributed by atoms with Crippen LogP contribution < -0.4 is 5.32 Å². The quantitative estimate of drug-likeness (QED) is 0.763. The number of rotatable bonds is 8. The van der Waals surface area contributed by atoms with E-state index in [0.29, 0.717) is 12.1 Å². The summed E-state index contributed by atoms with van der Waals surface area (Å²) in [6.07, 6.45) is 9.88. The third kappa shape index (κ3) is 4.42. The molecule has 1 aromatic carbocycles. The number of nitrogens with zero attached hydrogens (tertiary/aromatic N) is 1. The van der Waals surface area contributed by atoms with Crippen LogP contribution in [0.25, 0.3) is 0 Å². The van der Waals surface area contributed by atoms with Gasteiger partial charge in [-0.05, 0) is 74.0 Å². The number of hydrogen-bond acceptors (Lipinski definition) is 3. The van der Waals surface area contributed by atoms with Gasteiger partial charge in [-0.1, -0.05) is 18.2 Å². The Morgan fingerprint density at radius 1 is 1.16 bits per heavy atom. The van der Waals surface area contributed by atoms with Gasteiger partial charge >= 0.3 is 5.97 Å². The summed E-state index contributed by atoms with van der Waals surface area (Å²) in [6, 6.07) is 7.98. The number of carboxylic acid groups (broad SMARTS) is 1. The summed E-state index contributed by atoms with van der Waals surface area (Å²) in [4.78, 5) is 13.3. The van der Waals surface area contributed by atoms with Gasteiger partial charge in [-0.2, -0.15) is 0 Å². The fourth-order valence-electron chi connectivity index (χ4n) is 4.36. The van der Waals surface area contributed by atoms with Crippen molar-refractivity contribution in [1.82, 2.24) is 10.2 Å². The molecule has 0 saturated heterocycles. The maximum Gasteiger partial charge on any atom is 0.317 e. The first kappa shape index (κ1) is 17.0. The number of nitrogens with one attached hydrogen (secondary N) is 1. The lowest BCUT2D eigenvalue weighted by molar-refractivity contribution is -0.139. The standard InChI is InChI=1S/C21H30N2O2/c24-21(25)14-23(13-15-5-6-15)20-10-19(11-20)22-12-16-7-8-17-3-1-2-4-18(17)9-16/h7-9,15,19-20,22H,1-6,10-14H2,(H,24,25). The zero-order valence-electron chi connectivity index (χ0n) is 15.0. The average Bonchev–Trinajstić information content (AvgIpc) is 3.36. The molecule has 0 spiro atoms. The van der Waals surface area contributed by atoms with Crippen LogP contribution in [0.4, 0.5) is 0 Å². The Morgan fingerprint density at radius 2 is 1.92 bits per heavy atom. The van der Waals surface area contributed by atoms with E-state index in [4.69, 9.17) is 5.11 Å². The van der Waals surface area contributed by atoms with E-state index in [0.717, 1.165) is 31.8 Å². The van der Waals surface area contributed by atoms with Crippen molar-refractivity contribution in [2.75, 3.05) is 13.1 Å². The smallest absolute Gasteiger partial charge is 0.317 e. The fourth-order valence-corrected chi connectivity index (χ4v) is 4.36. The maximum atomic E-state index is 11.1. The van der Waals surface area contributed by atoms with Gasteiger partial charge in [0, 0.05) is 25.2 Å². The molecule has 0 unspecified atom stereocenters. The van der Waals surface area contributed by atoms with Crippen molar-refractivity contribution in [3.8, 4) is 0 Å². The van der Waals surface area contributed by atoms with E-state index in [-0.39, 0.29) is 6.54 Å². The molecule has 3 aliphatic carbocycles. The molecule has 0 radical (unpaired) electrons. The number of carbonyl (C=O) groups is 1. The molecule has 4 heteroatoms. The molecule has 4 rings (SSSR count). The van der Waals surface area contributed by atoms with Crippen molar-refractivity contribution in [2.45, 2.75) is 70.0 Å². The summed E-state index contributed by atoms with van der Waals surface area (Å²) in [5, 5.41) is 12.8. The van der Waals surface area contributed by atoms with Gasteiger partial charge < -0.3 is 10.4 Å². The lowest BCUT2D eigenvalue weighted by Gasteiger charge is -2.43. The molecule has 0 bridgehead atoms. The second kappa shape index (κ2) is 7.46. The summed E-state index contributed by atoms with van der Waals surface area (Å²) in [5.41, 5.74) is 4.49. The van der Waals surface area contributed by atoms with Crippen LogP contribution in [0.15, 0.2) is 18.2 Å². The second-order valence-electron chi connectivity index (χ2n) is 8.28. The minimum absolute atomic E-state index is 0.207. The number of aliphatic carboxylic acids is 1. The lowest BCUT2D eigenvalue weighted by atomic mass is 9.85. The number of hydrogen-bond donors (Lipinski definition) is 2. The van der Waals surface area contributed by atoms with Crippen molar-refractivity contribution in [1.29, 1.82) is 0 Å². The highest BCUT2D eigenvalue weighted by Gasteiger charge is 2.36. The first-order chi connectivity index (χ1) is 12.2. The molecular formula is C21H30N2O2. The van der Waals surface area contributed by atoms with Gasteiger partial charge in [-0.3, -0.25) is 9.69 Å². The predicted molar refractivity (Wildman–Crippen MR) is 98.7 cm³/mol. The van der Waals surface area contributed by atoms with E-state index in [1.54, 1.807) is 11.1 Å².